The second-order valence-corrected chi connectivity index (χ2v) is 6.43. The molecule has 2 N–H and O–H groups in total. The molecule has 0 fully saturated rings. The number of aromatic nitrogens is 3. The zero-order chi connectivity index (χ0) is 19.4. The number of carbonyl (C=O) groups is 1. The van der Waals surface area contributed by atoms with E-state index in [2.05, 4.69) is 9.97 Å². The summed E-state index contributed by atoms with van der Waals surface area (Å²) in [4.78, 5) is 23.7. The number of hydrogen-bond acceptors (Lipinski definition) is 5. The van der Waals surface area contributed by atoms with E-state index >= 15 is 0 Å². The van der Waals surface area contributed by atoms with Crippen LogP contribution in [0.1, 0.15) is 28.4 Å². The SMILES string of the molecule is CCn1c(N)nc2cc(C(=O)N(CCOC)Cc3ccccc3C)cnc21. The minimum atomic E-state index is -0.102. The summed E-state index contributed by atoms with van der Waals surface area (Å²) in [6.07, 6.45) is 1.59. The molecule has 1 aromatic carbocycles. The number of nitrogen functional groups attached to an aromatic ring is 1. The molecule has 7 nitrogen and oxygen atoms in total. The molecule has 3 aromatic rings. The molecule has 0 bridgehead atoms. The lowest BCUT2D eigenvalue weighted by Crippen LogP contribution is -2.33. The first-order valence-electron chi connectivity index (χ1n) is 8.99. The van der Waals surface area contributed by atoms with Crippen molar-refractivity contribution in [3.05, 3.63) is 53.2 Å². The number of ether oxygens (including phenoxy) is 1. The maximum Gasteiger partial charge on any atom is 0.255 e. The summed E-state index contributed by atoms with van der Waals surface area (Å²) < 4.78 is 7.01. The van der Waals surface area contributed by atoms with Gasteiger partial charge in [0.15, 0.2) is 5.65 Å². The summed E-state index contributed by atoms with van der Waals surface area (Å²) in [5.41, 5.74) is 10.00. The van der Waals surface area contributed by atoms with Crippen molar-refractivity contribution in [2.24, 2.45) is 0 Å². The van der Waals surface area contributed by atoms with Crippen LogP contribution in [0.4, 0.5) is 5.95 Å². The Labute approximate surface area is 158 Å². The molecule has 1 amide bonds. The molecule has 0 aliphatic rings. The van der Waals surface area contributed by atoms with Crippen molar-refractivity contribution in [2.75, 3.05) is 26.0 Å². The molecule has 0 atom stereocenters. The van der Waals surface area contributed by atoms with E-state index < -0.39 is 0 Å². The van der Waals surface area contributed by atoms with Gasteiger partial charge >= 0.3 is 0 Å². The van der Waals surface area contributed by atoms with Crippen LogP contribution in [0.2, 0.25) is 0 Å². The summed E-state index contributed by atoms with van der Waals surface area (Å²) in [7, 11) is 1.63. The fraction of sp³-hybridized carbons (Fsp3) is 0.350. The smallest absolute Gasteiger partial charge is 0.255 e. The summed E-state index contributed by atoms with van der Waals surface area (Å²) in [6, 6.07) is 9.81. The maximum absolute atomic E-state index is 13.1. The van der Waals surface area contributed by atoms with Crippen LogP contribution in [0.15, 0.2) is 36.5 Å². The van der Waals surface area contributed by atoms with E-state index in [4.69, 9.17) is 10.5 Å². The number of methoxy groups -OCH3 is 1. The quantitative estimate of drug-likeness (QED) is 0.694. The van der Waals surface area contributed by atoms with Gasteiger partial charge in [0.2, 0.25) is 5.95 Å². The normalized spacial score (nSPS) is 11.1. The summed E-state index contributed by atoms with van der Waals surface area (Å²) in [5, 5.41) is 0. The molecule has 0 unspecified atom stereocenters. The summed E-state index contributed by atoms with van der Waals surface area (Å²) >= 11 is 0. The lowest BCUT2D eigenvalue weighted by Gasteiger charge is -2.23. The van der Waals surface area contributed by atoms with E-state index in [0.29, 0.717) is 48.9 Å². The number of nitrogens with zero attached hydrogens (tertiary/aromatic N) is 4. The Morgan fingerprint density at radius 3 is 2.81 bits per heavy atom. The molecule has 2 heterocycles. The van der Waals surface area contributed by atoms with Crippen LogP contribution >= 0.6 is 0 Å². The van der Waals surface area contributed by atoms with E-state index in [1.165, 1.54) is 0 Å². The molecule has 0 saturated carbocycles. The summed E-state index contributed by atoms with van der Waals surface area (Å²) in [6.45, 7) is 6.17. The standard InChI is InChI=1S/C20H25N5O2/c1-4-25-18-17(23-20(25)21)11-16(12-22-18)19(26)24(9-10-27-3)13-15-8-6-5-7-14(15)2/h5-8,11-12H,4,9-10,13H2,1-3H3,(H2,21,23). The van der Waals surface area contributed by atoms with Crippen molar-refractivity contribution < 1.29 is 9.53 Å². The third-order valence-electron chi connectivity index (χ3n) is 4.65. The highest BCUT2D eigenvalue weighted by atomic mass is 16.5. The highest BCUT2D eigenvalue weighted by Crippen LogP contribution is 2.19. The molecule has 0 saturated heterocycles. The lowest BCUT2D eigenvalue weighted by atomic mass is 10.1. The third kappa shape index (κ3) is 3.93. The minimum absolute atomic E-state index is 0.102. The van der Waals surface area contributed by atoms with Crippen molar-refractivity contribution in [3.8, 4) is 0 Å². The minimum Gasteiger partial charge on any atom is -0.383 e. The lowest BCUT2D eigenvalue weighted by molar-refractivity contribution is 0.0680. The van der Waals surface area contributed by atoms with Crippen LogP contribution in [0, 0.1) is 6.92 Å². The highest BCUT2D eigenvalue weighted by molar-refractivity contribution is 5.96. The molecule has 0 radical (unpaired) electrons. The van der Waals surface area contributed by atoms with Gasteiger partial charge in [0, 0.05) is 32.9 Å². The van der Waals surface area contributed by atoms with Crippen LogP contribution in [-0.2, 0) is 17.8 Å². The first-order chi connectivity index (χ1) is 13.0. The number of amides is 1. The van der Waals surface area contributed by atoms with Gasteiger partial charge in [-0.25, -0.2) is 9.97 Å². The molecule has 0 aliphatic heterocycles. The van der Waals surface area contributed by atoms with E-state index in [-0.39, 0.29) is 5.91 Å². The average Bonchev–Trinajstić information content (AvgIpc) is 3.00. The number of aryl methyl sites for hydroxylation is 2. The van der Waals surface area contributed by atoms with Gasteiger partial charge in [0.25, 0.3) is 5.91 Å². The Hall–Kier alpha value is -2.93. The first-order valence-corrected chi connectivity index (χ1v) is 8.99. The Morgan fingerprint density at radius 1 is 1.33 bits per heavy atom. The number of imidazole rings is 1. The Kier molecular flexibility index (Phi) is 5.71. The average molecular weight is 367 g/mol. The molecule has 3 rings (SSSR count). The van der Waals surface area contributed by atoms with Crippen LogP contribution in [0.3, 0.4) is 0 Å². The monoisotopic (exact) mass is 367 g/mol. The summed E-state index contributed by atoms with van der Waals surface area (Å²) in [5.74, 6) is 0.301. The second-order valence-electron chi connectivity index (χ2n) is 6.43. The molecule has 2 aromatic heterocycles. The molecular formula is C20H25N5O2. The largest absolute Gasteiger partial charge is 0.383 e. The van der Waals surface area contributed by atoms with Crippen molar-refractivity contribution in [2.45, 2.75) is 26.9 Å². The van der Waals surface area contributed by atoms with Crippen LogP contribution in [0.25, 0.3) is 11.2 Å². The first kappa shape index (κ1) is 18.8. The fourth-order valence-corrected chi connectivity index (χ4v) is 3.09. The van der Waals surface area contributed by atoms with E-state index in [1.54, 1.807) is 24.3 Å². The van der Waals surface area contributed by atoms with E-state index in [0.717, 1.165) is 11.1 Å². The van der Waals surface area contributed by atoms with E-state index in [1.807, 2.05) is 42.7 Å². The molecule has 7 heteroatoms. The zero-order valence-corrected chi connectivity index (χ0v) is 16.0. The number of anilines is 1. The van der Waals surface area contributed by atoms with Gasteiger partial charge in [0.05, 0.1) is 12.2 Å². The molecular weight excluding hydrogens is 342 g/mol. The molecule has 0 aliphatic carbocycles. The topological polar surface area (TPSA) is 86.3 Å². The number of fused-ring (bicyclic) bond motifs is 1. The van der Waals surface area contributed by atoms with Crippen molar-refractivity contribution >= 4 is 23.0 Å². The van der Waals surface area contributed by atoms with Crippen molar-refractivity contribution in [1.82, 2.24) is 19.4 Å². The van der Waals surface area contributed by atoms with Crippen molar-refractivity contribution in [3.63, 3.8) is 0 Å². The second kappa shape index (κ2) is 8.18. The number of benzene rings is 1. The number of nitrogens with two attached hydrogens (primary N) is 1. The fourth-order valence-electron chi connectivity index (χ4n) is 3.09. The van der Waals surface area contributed by atoms with Gasteiger partial charge in [-0.3, -0.25) is 9.36 Å². The number of rotatable bonds is 7. The van der Waals surface area contributed by atoms with Gasteiger partial charge in [-0.15, -0.1) is 0 Å². The van der Waals surface area contributed by atoms with Crippen molar-refractivity contribution in [1.29, 1.82) is 0 Å². The third-order valence-corrected chi connectivity index (χ3v) is 4.65. The van der Waals surface area contributed by atoms with Crippen LogP contribution in [0.5, 0.6) is 0 Å². The predicted octanol–water partition coefficient (Wildman–Crippen LogP) is 2.63. The maximum atomic E-state index is 13.1. The number of hydrogen-bond donors (Lipinski definition) is 1. The van der Waals surface area contributed by atoms with Crippen LogP contribution in [-0.4, -0.2) is 45.6 Å². The van der Waals surface area contributed by atoms with Crippen LogP contribution < -0.4 is 5.73 Å². The van der Waals surface area contributed by atoms with Gasteiger partial charge in [-0.2, -0.15) is 0 Å². The van der Waals surface area contributed by atoms with Gasteiger partial charge in [-0.05, 0) is 31.0 Å². The van der Waals surface area contributed by atoms with Gasteiger partial charge < -0.3 is 15.4 Å². The van der Waals surface area contributed by atoms with Gasteiger partial charge in [0.1, 0.15) is 5.52 Å². The highest BCUT2D eigenvalue weighted by Gasteiger charge is 2.19. The molecule has 142 valence electrons. The zero-order valence-electron chi connectivity index (χ0n) is 16.0. The Balaban J connectivity index is 1.91. The predicted molar refractivity (Wildman–Crippen MR) is 105 cm³/mol. The molecule has 27 heavy (non-hydrogen) atoms. The Morgan fingerprint density at radius 2 is 2.11 bits per heavy atom. The van der Waals surface area contributed by atoms with Gasteiger partial charge in [-0.1, -0.05) is 24.3 Å². The number of pyridine rings is 1. The number of carbonyl (C=O) groups excluding carboxylic acids is 1. The van der Waals surface area contributed by atoms with E-state index in [9.17, 15) is 4.79 Å². The Bertz CT molecular complexity index is 951. The molecule has 0 spiro atoms.